The summed E-state index contributed by atoms with van der Waals surface area (Å²) < 4.78 is 6.08. The van der Waals surface area contributed by atoms with Gasteiger partial charge in [0.15, 0.2) is 0 Å². The highest BCUT2D eigenvalue weighted by Crippen LogP contribution is 2.22. The smallest absolute Gasteiger partial charge is 0.136 e. The molecule has 2 rings (SSSR count). The van der Waals surface area contributed by atoms with Crippen LogP contribution in [-0.4, -0.2) is 35.5 Å². The molecule has 3 nitrogen and oxygen atoms in total. The molecule has 0 saturated heterocycles. The molecule has 1 aliphatic rings. The van der Waals surface area contributed by atoms with Crippen molar-refractivity contribution in [3.63, 3.8) is 0 Å². The number of aliphatic hydroxyl groups excluding tert-OH is 1. The molecule has 0 fully saturated rings. The van der Waals surface area contributed by atoms with Crippen LogP contribution in [0, 0.1) is 0 Å². The Labute approximate surface area is 154 Å². The molecule has 142 valence electrons. The lowest BCUT2D eigenvalue weighted by Gasteiger charge is -2.36. The SMILES string of the molecule is CCCCCCCCCCOC(C(C)O)N1CCc2ccccc2C1. The van der Waals surface area contributed by atoms with Crippen LogP contribution in [0.5, 0.6) is 0 Å². The third-order valence-corrected chi connectivity index (χ3v) is 5.22. The molecule has 0 spiro atoms. The lowest BCUT2D eigenvalue weighted by atomic mass is 9.99. The van der Waals surface area contributed by atoms with Gasteiger partial charge in [-0.05, 0) is 30.9 Å². The van der Waals surface area contributed by atoms with Gasteiger partial charge < -0.3 is 9.84 Å². The Morgan fingerprint density at radius 3 is 2.32 bits per heavy atom. The van der Waals surface area contributed by atoms with Gasteiger partial charge >= 0.3 is 0 Å². The van der Waals surface area contributed by atoms with Gasteiger partial charge in [0.1, 0.15) is 6.23 Å². The number of ether oxygens (including phenoxy) is 1. The molecule has 0 aliphatic carbocycles. The van der Waals surface area contributed by atoms with Crippen molar-refractivity contribution >= 4 is 0 Å². The molecule has 0 amide bonds. The van der Waals surface area contributed by atoms with Gasteiger partial charge in [0.05, 0.1) is 6.10 Å². The molecule has 0 aromatic heterocycles. The van der Waals surface area contributed by atoms with Gasteiger partial charge in [-0.1, -0.05) is 76.1 Å². The number of benzene rings is 1. The van der Waals surface area contributed by atoms with Gasteiger partial charge in [-0.3, -0.25) is 4.90 Å². The molecule has 1 N–H and O–H groups in total. The minimum absolute atomic E-state index is 0.182. The Morgan fingerprint density at radius 2 is 1.64 bits per heavy atom. The standard InChI is InChI=1S/C22H37NO2/c1-3-4-5-6-7-8-9-12-17-25-22(19(2)24)23-16-15-20-13-10-11-14-21(20)18-23/h10-11,13-14,19,22,24H,3-9,12,15-18H2,1-2H3. The van der Waals surface area contributed by atoms with Gasteiger partial charge in [0, 0.05) is 19.7 Å². The van der Waals surface area contributed by atoms with E-state index < -0.39 is 6.10 Å². The number of rotatable bonds is 12. The Hall–Kier alpha value is -0.900. The van der Waals surface area contributed by atoms with Crippen LogP contribution in [0.3, 0.4) is 0 Å². The van der Waals surface area contributed by atoms with Crippen LogP contribution >= 0.6 is 0 Å². The molecule has 2 unspecified atom stereocenters. The molecule has 1 heterocycles. The van der Waals surface area contributed by atoms with Crippen molar-refractivity contribution in [3.05, 3.63) is 35.4 Å². The van der Waals surface area contributed by atoms with Gasteiger partial charge in [-0.15, -0.1) is 0 Å². The lowest BCUT2D eigenvalue weighted by molar-refractivity contribution is -0.125. The van der Waals surface area contributed by atoms with Crippen LogP contribution in [0.25, 0.3) is 0 Å². The van der Waals surface area contributed by atoms with Crippen LogP contribution in [-0.2, 0) is 17.7 Å². The number of hydrogen-bond acceptors (Lipinski definition) is 3. The summed E-state index contributed by atoms with van der Waals surface area (Å²) in [5.74, 6) is 0. The van der Waals surface area contributed by atoms with Crippen LogP contribution in [0.1, 0.15) is 76.3 Å². The highest BCUT2D eigenvalue weighted by molar-refractivity contribution is 5.29. The zero-order valence-electron chi connectivity index (χ0n) is 16.3. The Balaban J connectivity index is 1.66. The van der Waals surface area contributed by atoms with Crippen LogP contribution in [0.4, 0.5) is 0 Å². The molecule has 2 atom stereocenters. The quantitative estimate of drug-likeness (QED) is 0.545. The number of nitrogens with zero attached hydrogens (tertiary/aromatic N) is 1. The Kier molecular flexibility index (Phi) is 9.52. The third-order valence-electron chi connectivity index (χ3n) is 5.22. The van der Waals surface area contributed by atoms with Crippen molar-refractivity contribution in [2.24, 2.45) is 0 Å². The molecule has 0 bridgehead atoms. The minimum Gasteiger partial charge on any atom is -0.389 e. The van der Waals surface area contributed by atoms with E-state index in [0.717, 1.165) is 32.5 Å². The molecule has 0 radical (unpaired) electrons. The van der Waals surface area contributed by atoms with Crippen LogP contribution in [0.15, 0.2) is 24.3 Å². The van der Waals surface area contributed by atoms with Crippen molar-refractivity contribution in [3.8, 4) is 0 Å². The summed E-state index contributed by atoms with van der Waals surface area (Å²) in [6.45, 7) is 6.70. The normalized spacial score (nSPS) is 17.2. The van der Waals surface area contributed by atoms with Crippen molar-refractivity contribution in [2.75, 3.05) is 13.2 Å². The van der Waals surface area contributed by atoms with Gasteiger partial charge in [0.2, 0.25) is 0 Å². The average molecular weight is 348 g/mol. The van der Waals surface area contributed by atoms with E-state index >= 15 is 0 Å². The van der Waals surface area contributed by atoms with E-state index in [0.29, 0.717) is 0 Å². The molecule has 3 heteroatoms. The maximum atomic E-state index is 10.2. The average Bonchev–Trinajstić information content (AvgIpc) is 2.62. The van der Waals surface area contributed by atoms with Crippen molar-refractivity contribution in [2.45, 2.75) is 90.5 Å². The third kappa shape index (κ3) is 7.08. The fourth-order valence-electron chi connectivity index (χ4n) is 3.72. The first-order valence-electron chi connectivity index (χ1n) is 10.3. The zero-order valence-corrected chi connectivity index (χ0v) is 16.3. The Morgan fingerprint density at radius 1 is 1.00 bits per heavy atom. The second kappa shape index (κ2) is 11.7. The summed E-state index contributed by atoms with van der Waals surface area (Å²) in [4.78, 5) is 2.29. The molecular weight excluding hydrogens is 310 g/mol. The summed E-state index contributed by atoms with van der Waals surface area (Å²) in [5.41, 5.74) is 2.81. The predicted octanol–water partition coefficient (Wildman–Crippen LogP) is 4.91. The zero-order chi connectivity index (χ0) is 17.9. The Bertz CT molecular complexity index is 475. The molecule has 1 aliphatic heterocycles. The molecule has 1 aromatic carbocycles. The van der Waals surface area contributed by atoms with Crippen LogP contribution < -0.4 is 0 Å². The minimum atomic E-state index is -0.459. The molecule has 1 aromatic rings. The van der Waals surface area contributed by atoms with E-state index in [1.165, 1.54) is 56.1 Å². The maximum Gasteiger partial charge on any atom is 0.136 e. The first-order valence-corrected chi connectivity index (χ1v) is 10.3. The highest BCUT2D eigenvalue weighted by atomic mass is 16.5. The summed E-state index contributed by atoms with van der Waals surface area (Å²) in [6, 6.07) is 8.62. The van der Waals surface area contributed by atoms with Crippen molar-refractivity contribution in [1.29, 1.82) is 0 Å². The largest absolute Gasteiger partial charge is 0.389 e. The number of fused-ring (bicyclic) bond motifs is 1. The van der Waals surface area contributed by atoms with E-state index in [1.807, 2.05) is 6.92 Å². The lowest BCUT2D eigenvalue weighted by Crippen LogP contribution is -2.46. The van der Waals surface area contributed by atoms with E-state index in [4.69, 9.17) is 4.74 Å². The summed E-state index contributed by atoms with van der Waals surface area (Å²) in [5, 5.41) is 10.2. The first kappa shape index (κ1) is 20.4. The molecule has 25 heavy (non-hydrogen) atoms. The second-order valence-electron chi connectivity index (χ2n) is 7.47. The van der Waals surface area contributed by atoms with Gasteiger partial charge in [-0.25, -0.2) is 0 Å². The van der Waals surface area contributed by atoms with E-state index in [2.05, 4.69) is 36.1 Å². The number of aliphatic hydroxyl groups is 1. The van der Waals surface area contributed by atoms with Crippen molar-refractivity contribution < 1.29 is 9.84 Å². The van der Waals surface area contributed by atoms with Crippen molar-refractivity contribution in [1.82, 2.24) is 4.90 Å². The fraction of sp³-hybridized carbons (Fsp3) is 0.727. The molecule has 0 saturated carbocycles. The van der Waals surface area contributed by atoms with Gasteiger partial charge in [-0.2, -0.15) is 0 Å². The number of hydrogen-bond donors (Lipinski definition) is 1. The van der Waals surface area contributed by atoms with Crippen LogP contribution in [0.2, 0.25) is 0 Å². The fourth-order valence-corrected chi connectivity index (χ4v) is 3.72. The topological polar surface area (TPSA) is 32.7 Å². The summed E-state index contributed by atoms with van der Waals surface area (Å²) >= 11 is 0. The molecular formula is C22H37NO2. The highest BCUT2D eigenvalue weighted by Gasteiger charge is 2.27. The van der Waals surface area contributed by atoms with E-state index in [1.54, 1.807) is 0 Å². The summed E-state index contributed by atoms with van der Waals surface area (Å²) in [6.07, 6.45) is 10.8. The number of unbranched alkanes of at least 4 members (excludes halogenated alkanes) is 7. The maximum absolute atomic E-state index is 10.2. The van der Waals surface area contributed by atoms with E-state index in [-0.39, 0.29) is 6.23 Å². The summed E-state index contributed by atoms with van der Waals surface area (Å²) in [7, 11) is 0. The predicted molar refractivity (Wildman–Crippen MR) is 105 cm³/mol. The second-order valence-corrected chi connectivity index (χ2v) is 7.47. The monoisotopic (exact) mass is 347 g/mol. The van der Waals surface area contributed by atoms with Gasteiger partial charge in [0.25, 0.3) is 0 Å². The first-order chi connectivity index (χ1) is 12.2. The van der Waals surface area contributed by atoms with E-state index in [9.17, 15) is 5.11 Å².